The minimum Gasteiger partial charge on any atom is -0.507 e. The predicted octanol–water partition coefficient (Wildman–Crippen LogP) is 4.40. The van der Waals surface area contributed by atoms with Gasteiger partial charge in [0.05, 0.1) is 0 Å². The van der Waals surface area contributed by atoms with E-state index in [0.29, 0.717) is 5.75 Å². The van der Waals surface area contributed by atoms with Gasteiger partial charge in [-0.2, -0.15) is 0 Å². The highest BCUT2D eigenvalue weighted by Gasteiger charge is 2.23. The average molecular weight is 293 g/mol. The van der Waals surface area contributed by atoms with Crippen LogP contribution in [0, 0.1) is 0 Å². The van der Waals surface area contributed by atoms with E-state index in [-0.39, 0.29) is 0 Å². The summed E-state index contributed by atoms with van der Waals surface area (Å²) in [6.07, 6.45) is 9.34. The van der Waals surface area contributed by atoms with Crippen molar-refractivity contribution < 1.29 is 5.11 Å². The average Bonchev–Trinajstić information content (AvgIpc) is 2.56. The largest absolute Gasteiger partial charge is 0.507 e. The molecular weight excluding hydrogens is 270 g/mol. The summed E-state index contributed by atoms with van der Waals surface area (Å²) in [5.74, 6) is 0.395. The second-order valence-corrected chi connectivity index (χ2v) is 6.68. The lowest BCUT2D eigenvalue weighted by Gasteiger charge is -2.26. The van der Waals surface area contributed by atoms with Crippen LogP contribution in [0.4, 0.5) is 5.69 Å². The van der Waals surface area contributed by atoms with E-state index in [2.05, 4.69) is 12.1 Å². The van der Waals surface area contributed by atoms with E-state index >= 15 is 0 Å². The summed E-state index contributed by atoms with van der Waals surface area (Å²) >= 11 is 0. The molecule has 0 bridgehead atoms. The Balaban J connectivity index is 2.00. The lowest BCUT2D eigenvalue weighted by Crippen LogP contribution is -2.10. The fraction of sp³-hybridized carbons (Fsp3) is 0.400. The summed E-state index contributed by atoms with van der Waals surface area (Å²) in [5, 5.41) is 10.6. The standard InChI is InChI=1S/C20H23NO/c21-17-11-9-13-5-1-3-7-15(13)19(17)20-16-8-4-2-6-14(16)10-12-18(20)22/h9-12,22H,1-8,21H2. The van der Waals surface area contributed by atoms with Gasteiger partial charge in [0.2, 0.25) is 0 Å². The molecule has 0 atom stereocenters. The molecule has 2 heteroatoms. The van der Waals surface area contributed by atoms with Gasteiger partial charge in [-0.15, -0.1) is 0 Å². The molecule has 2 aliphatic rings. The number of nitrogens with two attached hydrogens (primary N) is 1. The van der Waals surface area contributed by atoms with Crippen molar-refractivity contribution in [3.8, 4) is 16.9 Å². The molecule has 3 N–H and O–H groups in total. The van der Waals surface area contributed by atoms with Crippen molar-refractivity contribution in [1.29, 1.82) is 0 Å². The predicted molar refractivity (Wildman–Crippen MR) is 91.2 cm³/mol. The second kappa shape index (κ2) is 5.35. The van der Waals surface area contributed by atoms with Gasteiger partial charge >= 0.3 is 0 Å². The quantitative estimate of drug-likeness (QED) is 0.766. The van der Waals surface area contributed by atoms with E-state index in [1.54, 1.807) is 0 Å². The van der Waals surface area contributed by atoms with E-state index < -0.39 is 0 Å². The fourth-order valence-electron chi connectivity index (χ4n) is 4.24. The second-order valence-electron chi connectivity index (χ2n) is 6.68. The molecule has 2 aromatic rings. The van der Waals surface area contributed by atoms with E-state index in [0.717, 1.165) is 42.5 Å². The minimum atomic E-state index is 0.395. The van der Waals surface area contributed by atoms with Crippen molar-refractivity contribution in [3.63, 3.8) is 0 Å². The Morgan fingerprint density at radius 3 is 1.91 bits per heavy atom. The monoisotopic (exact) mass is 293 g/mol. The Labute approximate surface area is 132 Å². The van der Waals surface area contributed by atoms with Crippen LogP contribution in [0.5, 0.6) is 5.75 Å². The molecule has 0 heterocycles. The van der Waals surface area contributed by atoms with Gasteiger partial charge in [-0.25, -0.2) is 0 Å². The first-order valence-electron chi connectivity index (χ1n) is 8.50. The lowest BCUT2D eigenvalue weighted by atomic mass is 9.80. The van der Waals surface area contributed by atoms with Crippen LogP contribution >= 0.6 is 0 Å². The first kappa shape index (κ1) is 13.7. The minimum absolute atomic E-state index is 0.395. The van der Waals surface area contributed by atoms with Gasteiger partial charge in [-0.1, -0.05) is 12.1 Å². The number of fused-ring (bicyclic) bond motifs is 2. The molecule has 2 aromatic carbocycles. The highest BCUT2D eigenvalue weighted by atomic mass is 16.3. The van der Waals surface area contributed by atoms with E-state index in [1.807, 2.05) is 12.1 Å². The summed E-state index contributed by atoms with van der Waals surface area (Å²) in [7, 11) is 0. The van der Waals surface area contributed by atoms with E-state index in [4.69, 9.17) is 5.73 Å². The third-order valence-electron chi connectivity index (χ3n) is 5.33. The van der Waals surface area contributed by atoms with Crippen LogP contribution < -0.4 is 5.73 Å². The Kier molecular flexibility index (Phi) is 3.33. The first-order valence-corrected chi connectivity index (χ1v) is 8.50. The number of nitrogen functional groups attached to an aromatic ring is 1. The lowest BCUT2D eigenvalue weighted by molar-refractivity contribution is 0.475. The third kappa shape index (κ3) is 2.09. The summed E-state index contributed by atoms with van der Waals surface area (Å²) in [4.78, 5) is 0. The van der Waals surface area contributed by atoms with Gasteiger partial charge in [0.1, 0.15) is 5.75 Å². The number of anilines is 1. The molecule has 0 unspecified atom stereocenters. The molecule has 22 heavy (non-hydrogen) atoms. The van der Waals surface area contributed by atoms with Crippen molar-refractivity contribution in [2.24, 2.45) is 0 Å². The molecule has 114 valence electrons. The fourth-order valence-corrected chi connectivity index (χ4v) is 4.24. The maximum absolute atomic E-state index is 10.6. The Hall–Kier alpha value is -1.96. The molecule has 0 saturated heterocycles. The Morgan fingerprint density at radius 2 is 1.23 bits per heavy atom. The normalized spacial score (nSPS) is 16.9. The molecule has 0 aromatic heterocycles. The van der Waals surface area contributed by atoms with Crippen molar-refractivity contribution in [2.75, 3.05) is 5.73 Å². The zero-order valence-electron chi connectivity index (χ0n) is 13.0. The third-order valence-corrected chi connectivity index (χ3v) is 5.33. The van der Waals surface area contributed by atoms with Crippen LogP contribution in [-0.2, 0) is 25.7 Å². The van der Waals surface area contributed by atoms with Crippen molar-refractivity contribution in [3.05, 3.63) is 46.5 Å². The molecule has 4 rings (SSSR count). The first-order chi connectivity index (χ1) is 10.8. The molecule has 2 aliphatic carbocycles. The SMILES string of the molecule is Nc1ccc2c(c1-c1c(O)ccc3c1CCCC3)CCCC2. The number of phenols is 1. The van der Waals surface area contributed by atoms with Crippen LogP contribution in [0.1, 0.15) is 47.9 Å². The summed E-state index contributed by atoms with van der Waals surface area (Å²) in [6.45, 7) is 0. The van der Waals surface area contributed by atoms with E-state index in [1.165, 1.54) is 47.9 Å². The maximum atomic E-state index is 10.6. The zero-order chi connectivity index (χ0) is 15.1. The highest BCUT2D eigenvalue weighted by Crippen LogP contribution is 2.44. The number of phenolic OH excluding ortho intramolecular Hbond substituents is 1. The topological polar surface area (TPSA) is 46.2 Å². The molecule has 0 radical (unpaired) electrons. The van der Waals surface area contributed by atoms with Gasteiger partial charge in [-0.05, 0) is 85.8 Å². The Bertz CT molecular complexity index is 669. The van der Waals surface area contributed by atoms with Gasteiger partial charge in [-0.3, -0.25) is 0 Å². The van der Waals surface area contributed by atoms with Crippen LogP contribution in [0.25, 0.3) is 11.1 Å². The molecule has 0 amide bonds. The molecule has 0 aliphatic heterocycles. The van der Waals surface area contributed by atoms with Crippen LogP contribution in [0.15, 0.2) is 24.3 Å². The molecule has 0 fully saturated rings. The summed E-state index contributed by atoms with van der Waals surface area (Å²) < 4.78 is 0. The van der Waals surface area contributed by atoms with Gasteiger partial charge in [0.25, 0.3) is 0 Å². The molecule has 0 saturated carbocycles. The molecule has 0 spiro atoms. The summed E-state index contributed by atoms with van der Waals surface area (Å²) in [5.41, 5.74) is 14.8. The number of hydrogen-bond donors (Lipinski definition) is 2. The van der Waals surface area contributed by atoms with Gasteiger partial charge in [0.15, 0.2) is 0 Å². The van der Waals surface area contributed by atoms with Crippen LogP contribution in [0.2, 0.25) is 0 Å². The Morgan fingerprint density at radius 1 is 0.682 bits per heavy atom. The van der Waals surface area contributed by atoms with Gasteiger partial charge in [0, 0.05) is 16.8 Å². The number of benzene rings is 2. The van der Waals surface area contributed by atoms with Crippen molar-refractivity contribution in [2.45, 2.75) is 51.4 Å². The molecule has 2 nitrogen and oxygen atoms in total. The zero-order valence-corrected chi connectivity index (χ0v) is 13.0. The van der Waals surface area contributed by atoms with Crippen molar-refractivity contribution in [1.82, 2.24) is 0 Å². The number of hydrogen-bond acceptors (Lipinski definition) is 2. The highest BCUT2D eigenvalue weighted by molar-refractivity contribution is 5.87. The van der Waals surface area contributed by atoms with E-state index in [9.17, 15) is 5.11 Å². The smallest absolute Gasteiger partial charge is 0.123 e. The number of aryl methyl sites for hydroxylation is 2. The van der Waals surface area contributed by atoms with Crippen LogP contribution in [-0.4, -0.2) is 5.11 Å². The number of rotatable bonds is 1. The molecular formula is C20H23NO. The summed E-state index contributed by atoms with van der Waals surface area (Å²) in [6, 6.07) is 8.17. The van der Waals surface area contributed by atoms with Crippen LogP contribution in [0.3, 0.4) is 0 Å². The van der Waals surface area contributed by atoms with Crippen molar-refractivity contribution >= 4 is 5.69 Å². The maximum Gasteiger partial charge on any atom is 0.123 e. The number of aromatic hydroxyl groups is 1. The van der Waals surface area contributed by atoms with Gasteiger partial charge < -0.3 is 10.8 Å².